The number of benzene rings is 2. The van der Waals surface area contributed by atoms with Crippen LogP contribution in [0.4, 0.5) is 0 Å². The summed E-state index contributed by atoms with van der Waals surface area (Å²) in [6, 6.07) is 14.6. The average Bonchev–Trinajstić information content (AvgIpc) is 2.58. The fourth-order valence-corrected chi connectivity index (χ4v) is 2.01. The number of nitrogens with zero attached hydrogens (tertiary/aromatic N) is 1. The van der Waals surface area contributed by atoms with E-state index in [9.17, 15) is 4.79 Å². The number of esters is 1. The van der Waals surface area contributed by atoms with Gasteiger partial charge in [-0.15, -0.1) is 0 Å². The lowest BCUT2D eigenvalue weighted by Crippen LogP contribution is -2.08. The van der Waals surface area contributed by atoms with Crippen LogP contribution in [0.2, 0.25) is 0 Å². The SMILES string of the molecule is C=C/C(=C\N=C(C)C)c1ccc(C(=O)Oc2ccc(C)cc2)cc1. The van der Waals surface area contributed by atoms with E-state index in [0.717, 1.165) is 22.4 Å². The highest BCUT2D eigenvalue weighted by atomic mass is 16.5. The summed E-state index contributed by atoms with van der Waals surface area (Å²) in [6.45, 7) is 9.66. The normalized spacial score (nSPS) is 10.9. The Morgan fingerprint density at radius 3 is 2.12 bits per heavy atom. The first kappa shape index (κ1) is 17.4. The summed E-state index contributed by atoms with van der Waals surface area (Å²) in [5.41, 5.74) is 4.43. The van der Waals surface area contributed by atoms with E-state index in [1.807, 2.05) is 45.0 Å². The molecule has 3 nitrogen and oxygen atoms in total. The lowest BCUT2D eigenvalue weighted by Gasteiger charge is -2.06. The number of aryl methyl sites for hydroxylation is 1. The summed E-state index contributed by atoms with van der Waals surface area (Å²) in [6.07, 6.45) is 3.51. The van der Waals surface area contributed by atoms with Gasteiger partial charge >= 0.3 is 5.97 Å². The monoisotopic (exact) mass is 319 g/mol. The van der Waals surface area contributed by atoms with Crippen LogP contribution in [-0.2, 0) is 0 Å². The maximum atomic E-state index is 12.2. The van der Waals surface area contributed by atoms with Gasteiger partial charge in [0, 0.05) is 11.9 Å². The highest BCUT2D eigenvalue weighted by Crippen LogP contribution is 2.18. The molecule has 0 heterocycles. The van der Waals surface area contributed by atoms with Crippen LogP contribution in [0.15, 0.2) is 72.4 Å². The van der Waals surface area contributed by atoms with Gasteiger partial charge in [0.05, 0.1) is 5.56 Å². The van der Waals surface area contributed by atoms with E-state index < -0.39 is 0 Å². The summed E-state index contributed by atoms with van der Waals surface area (Å²) < 4.78 is 5.37. The van der Waals surface area contributed by atoms with Crippen LogP contribution in [0.5, 0.6) is 5.75 Å². The molecule has 0 radical (unpaired) electrons. The standard InChI is InChI=1S/C21H21NO2/c1-5-17(14-22-15(2)3)18-8-10-19(11-9-18)21(23)24-20-12-6-16(4)7-13-20/h5-14H,1H2,2-4H3/b17-14+. The maximum Gasteiger partial charge on any atom is 0.343 e. The van der Waals surface area contributed by atoms with Gasteiger partial charge in [0.25, 0.3) is 0 Å². The molecule has 0 aromatic heterocycles. The van der Waals surface area contributed by atoms with Gasteiger partial charge in [-0.1, -0.05) is 42.5 Å². The third-order valence-electron chi connectivity index (χ3n) is 3.37. The van der Waals surface area contributed by atoms with Crippen molar-refractivity contribution in [1.29, 1.82) is 0 Å². The van der Waals surface area contributed by atoms with Gasteiger partial charge in [-0.2, -0.15) is 0 Å². The van der Waals surface area contributed by atoms with E-state index in [2.05, 4.69) is 11.6 Å². The third-order valence-corrected chi connectivity index (χ3v) is 3.37. The van der Waals surface area contributed by atoms with Gasteiger partial charge in [-0.3, -0.25) is 4.99 Å². The van der Waals surface area contributed by atoms with Crippen LogP contribution >= 0.6 is 0 Å². The van der Waals surface area contributed by atoms with Crippen LogP contribution in [0.1, 0.15) is 35.3 Å². The molecule has 0 N–H and O–H groups in total. The molecule has 0 aliphatic rings. The molecule has 0 fully saturated rings. The van der Waals surface area contributed by atoms with E-state index in [0.29, 0.717) is 11.3 Å². The average molecular weight is 319 g/mol. The maximum absolute atomic E-state index is 12.2. The molecule has 0 spiro atoms. The molecule has 0 atom stereocenters. The second-order valence-electron chi connectivity index (χ2n) is 5.64. The second-order valence-corrected chi connectivity index (χ2v) is 5.64. The highest BCUT2D eigenvalue weighted by molar-refractivity contribution is 5.91. The van der Waals surface area contributed by atoms with E-state index in [1.165, 1.54) is 0 Å². The molecule has 2 rings (SSSR count). The van der Waals surface area contributed by atoms with Crippen molar-refractivity contribution in [2.45, 2.75) is 20.8 Å². The van der Waals surface area contributed by atoms with Crippen LogP contribution < -0.4 is 4.74 Å². The number of hydrogen-bond donors (Lipinski definition) is 0. The molecular formula is C21H21NO2. The van der Waals surface area contributed by atoms with Gasteiger partial charge in [-0.25, -0.2) is 4.79 Å². The summed E-state index contributed by atoms with van der Waals surface area (Å²) in [5, 5.41) is 0. The third kappa shape index (κ3) is 4.78. The number of allylic oxidation sites excluding steroid dienone is 2. The lowest BCUT2D eigenvalue weighted by atomic mass is 10.0. The van der Waals surface area contributed by atoms with E-state index >= 15 is 0 Å². The Hall–Kier alpha value is -2.94. The van der Waals surface area contributed by atoms with E-state index in [1.54, 1.807) is 36.5 Å². The van der Waals surface area contributed by atoms with Gasteiger partial charge in [-0.05, 0) is 56.2 Å². The van der Waals surface area contributed by atoms with Crippen molar-refractivity contribution in [3.05, 3.63) is 84.1 Å². The smallest absolute Gasteiger partial charge is 0.343 e. The molecule has 0 bridgehead atoms. The Kier molecular flexibility index (Phi) is 5.85. The topological polar surface area (TPSA) is 38.7 Å². The molecule has 0 amide bonds. The van der Waals surface area contributed by atoms with Crippen molar-refractivity contribution in [3.8, 4) is 5.75 Å². The van der Waals surface area contributed by atoms with E-state index in [-0.39, 0.29) is 5.97 Å². The van der Waals surface area contributed by atoms with Gasteiger partial charge in [0.2, 0.25) is 0 Å². The van der Waals surface area contributed by atoms with Crippen molar-refractivity contribution in [1.82, 2.24) is 0 Å². The Balaban J connectivity index is 2.14. The summed E-state index contributed by atoms with van der Waals surface area (Å²) in [4.78, 5) is 16.5. The second kappa shape index (κ2) is 8.06. The molecule has 122 valence electrons. The highest BCUT2D eigenvalue weighted by Gasteiger charge is 2.09. The Bertz CT molecular complexity index is 778. The van der Waals surface area contributed by atoms with Crippen molar-refractivity contribution in [2.24, 2.45) is 4.99 Å². The number of carbonyl (C=O) groups excluding carboxylic acids is 1. The molecule has 3 heteroatoms. The summed E-state index contributed by atoms with van der Waals surface area (Å²) >= 11 is 0. The number of aliphatic imine (C=N–C) groups is 1. The quantitative estimate of drug-likeness (QED) is 0.328. The lowest BCUT2D eigenvalue weighted by molar-refractivity contribution is 0.0734. The Morgan fingerprint density at radius 2 is 1.58 bits per heavy atom. The van der Waals surface area contributed by atoms with Gasteiger partial charge in [0.1, 0.15) is 5.75 Å². The molecular weight excluding hydrogens is 298 g/mol. The molecule has 0 aliphatic carbocycles. The predicted molar refractivity (Wildman–Crippen MR) is 99.5 cm³/mol. The van der Waals surface area contributed by atoms with Crippen molar-refractivity contribution in [2.75, 3.05) is 0 Å². The number of carbonyl (C=O) groups is 1. The van der Waals surface area contributed by atoms with Gasteiger partial charge < -0.3 is 4.74 Å². The zero-order valence-electron chi connectivity index (χ0n) is 14.2. The number of hydrogen-bond acceptors (Lipinski definition) is 3. The van der Waals surface area contributed by atoms with Gasteiger partial charge in [0.15, 0.2) is 0 Å². The van der Waals surface area contributed by atoms with Crippen LogP contribution in [-0.4, -0.2) is 11.7 Å². The molecule has 0 unspecified atom stereocenters. The van der Waals surface area contributed by atoms with Crippen LogP contribution in [0.3, 0.4) is 0 Å². The molecule has 24 heavy (non-hydrogen) atoms. The molecule has 0 aliphatic heterocycles. The predicted octanol–water partition coefficient (Wildman–Crippen LogP) is 5.22. The first-order valence-electron chi connectivity index (χ1n) is 7.72. The fraction of sp³-hybridized carbons (Fsp3) is 0.143. The van der Waals surface area contributed by atoms with Crippen molar-refractivity contribution < 1.29 is 9.53 Å². The molecule has 0 saturated heterocycles. The molecule has 2 aromatic carbocycles. The summed E-state index contributed by atoms with van der Waals surface area (Å²) in [5.74, 6) is 0.158. The largest absolute Gasteiger partial charge is 0.423 e. The van der Waals surface area contributed by atoms with Crippen LogP contribution in [0, 0.1) is 6.92 Å². The Labute approximate surface area is 143 Å². The number of rotatable bonds is 5. The van der Waals surface area contributed by atoms with Crippen molar-refractivity contribution in [3.63, 3.8) is 0 Å². The number of ether oxygens (including phenoxy) is 1. The van der Waals surface area contributed by atoms with Crippen LogP contribution in [0.25, 0.3) is 5.57 Å². The van der Waals surface area contributed by atoms with E-state index in [4.69, 9.17) is 4.74 Å². The van der Waals surface area contributed by atoms with Crippen molar-refractivity contribution >= 4 is 17.3 Å². The minimum absolute atomic E-state index is 0.378. The minimum atomic E-state index is -0.378. The molecule has 0 saturated carbocycles. The first-order valence-corrected chi connectivity index (χ1v) is 7.72. The Morgan fingerprint density at radius 1 is 1.00 bits per heavy atom. The zero-order chi connectivity index (χ0) is 17.5. The first-order chi connectivity index (χ1) is 11.5. The zero-order valence-corrected chi connectivity index (χ0v) is 14.2. The minimum Gasteiger partial charge on any atom is -0.423 e. The fourth-order valence-electron chi connectivity index (χ4n) is 2.01. The summed E-state index contributed by atoms with van der Waals surface area (Å²) in [7, 11) is 0. The molecule has 2 aromatic rings.